The van der Waals surface area contributed by atoms with Crippen molar-refractivity contribution in [1.82, 2.24) is 5.16 Å². The lowest BCUT2D eigenvalue weighted by Crippen LogP contribution is -1.85. The van der Waals surface area contributed by atoms with Gasteiger partial charge in [0.1, 0.15) is 18.1 Å². The van der Waals surface area contributed by atoms with E-state index in [1.54, 1.807) is 6.07 Å². The standard InChI is InChI=1S/C12H11NO3/c14-7-10-6-11(13-16-10)8-1-2-12-9(5-8)3-4-15-12/h1-2,5-6,14H,3-4,7H2. The van der Waals surface area contributed by atoms with Crippen LogP contribution < -0.4 is 4.74 Å². The van der Waals surface area contributed by atoms with Gasteiger partial charge in [0.15, 0.2) is 5.76 Å². The van der Waals surface area contributed by atoms with E-state index >= 15 is 0 Å². The van der Waals surface area contributed by atoms with Gasteiger partial charge >= 0.3 is 0 Å². The molecule has 1 N–H and O–H groups in total. The summed E-state index contributed by atoms with van der Waals surface area (Å²) in [5.74, 6) is 1.43. The van der Waals surface area contributed by atoms with Crippen molar-refractivity contribution >= 4 is 0 Å². The Morgan fingerprint density at radius 1 is 1.31 bits per heavy atom. The van der Waals surface area contributed by atoms with Gasteiger partial charge in [-0.2, -0.15) is 0 Å². The summed E-state index contributed by atoms with van der Waals surface area (Å²) in [5.41, 5.74) is 2.94. The Morgan fingerprint density at radius 3 is 3.06 bits per heavy atom. The first-order valence-electron chi connectivity index (χ1n) is 5.19. The highest BCUT2D eigenvalue weighted by atomic mass is 16.5. The van der Waals surface area contributed by atoms with Gasteiger partial charge in [0.25, 0.3) is 0 Å². The summed E-state index contributed by atoms with van der Waals surface area (Å²) in [6.45, 7) is 0.626. The lowest BCUT2D eigenvalue weighted by molar-refractivity contribution is 0.229. The number of ether oxygens (including phenoxy) is 1. The van der Waals surface area contributed by atoms with Crippen molar-refractivity contribution in [1.29, 1.82) is 0 Å². The molecule has 82 valence electrons. The van der Waals surface area contributed by atoms with Crippen molar-refractivity contribution in [2.75, 3.05) is 6.61 Å². The van der Waals surface area contributed by atoms with E-state index in [1.165, 1.54) is 5.56 Å². The van der Waals surface area contributed by atoms with Gasteiger partial charge in [0.05, 0.1) is 6.61 Å². The van der Waals surface area contributed by atoms with Crippen molar-refractivity contribution in [2.24, 2.45) is 0 Å². The molecule has 1 aromatic heterocycles. The van der Waals surface area contributed by atoms with Crippen LogP contribution in [0.2, 0.25) is 0 Å². The van der Waals surface area contributed by atoms with Crippen molar-refractivity contribution in [3.8, 4) is 17.0 Å². The summed E-state index contributed by atoms with van der Waals surface area (Å²) >= 11 is 0. The smallest absolute Gasteiger partial charge is 0.162 e. The monoisotopic (exact) mass is 217 g/mol. The average molecular weight is 217 g/mol. The Labute approximate surface area is 92.5 Å². The summed E-state index contributed by atoms with van der Waals surface area (Å²) in [5, 5.41) is 12.8. The number of hydrogen-bond acceptors (Lipinski definition) is 4. The van der Waals surface area contributed by atoms with Crippen LogP contribution in [0, 0.1) is 0 Å². The Kier molecular flexibility index (Phi) is 2.15. The molecule has 0 saturated carbocycles. The maximum atomic E-state index is 8.90. The Morgan fingerprint density at radius 2 is 2.25 bits per heavy atom. The van der Waals surface area contributed by atoms with Gasteiger partial charge in [-0.25, -0.2) is 0 Å². The molecule has 0 atom stereocenters. The van der Waals surface area contributed by atoms with Crippen LogP contribution in [0.3, 0.4) is 0 Å². The van der Waals surface area contributed by atoms with Crippen molar-refractivity contribution in [3.63, 3.8) is 0 Å². The molecule has 4 nitrogen and oxygen atoms in total. The first kappa shape index (κ1) is 9.42. The fraction of sp³-hybridized carbons (Fsp3) is 0.250. The van der Waals surface area contributed by atoms with E-state index in [2.05, 4.69) is 11.2 Å². The maximum Gasteiger partial charge on any atom is 0.162 e. The van der Waals surface area contributed by atoms with Gasteiger partial charge in [-0.15, -0.1) is 0 Å². The molecule has 1 aromatic carbocycles. The van der Waals surface area contributed by atoms with Crippen LogP contribution in [0.25, 0.3) is 11.3 Å². The molecule has 2 heterocycles. The topological polar surface area (TPSA) is 55.5 Å². The Bertz CT molecular complexity index is 519. The highest BCUT2D eigenvalue weighted by molar-refractivity contribution is 5.62. The molecule has 0 unspecified atom stereocenters. The number of fused-ring (bicyclic) bond motifs is 1. The van der Waals surface area contributed by atoms with E-state index in [4.69, 9.17) is 14.4 Å². The first-order chi connectivity index (χ1) is 7.86. The predicted octanol–water partition coefficient (Wildman–Crippen LogP) is 1.77. The summed E-state index contributed by atoms with van der Waals surface area (Å²) in [7, 11) is 0. The van der Waals surface area contributed by atoms with E-state index in [-0.39, 0.29) is 6.61 Å². The molecule has 0 saturated heterocycles. The van der Waals surface area contributed by atoms with E-state index in [0.29, 0.717) is 5.76 Å². The van der Waals surface area contributed by atoms with Crippen LogP contribution in [0.5, 0.6) is 5.75 Å². The molecule has 16 heavy (non-hydrogen) atoms. The number of nitrogens with zero attached hydrogens (tertiary/aromatic N) is 1. The quantitative estimate of drug-likeness (QED) is 0.832. The Balaban J connectivity index is 2.00. The van der Waals surface area contributed by atoms with Crippen LogP contribution in [-0.2, 0) is 13.0 Å². The van der Waals surface area contributed by atoms with Crippen LogP contribution in [0.1, 0.15) is 11.3 Å². The fourth-order valence-corrected chi connectivity index (χ4v) is 1.87. The number of aliphatic hydroxyl groups excluding tert-OH is 1. The second kappa shape index (κ2) is 3.64. The minimum Gasteiger partial charge on any atom is -0.493 e. The Hall–Kier alpha value is -1.81. The third kappa shape index (κ3) is 1.47. The minimum atomic E-state index is -0.124. The zero-order chi connectivity index (χ0) is 11.0. The summed E-state index contributed by atoms with van der Waals surface area (Å²) in [6, 6.07) is 7.70. The van der Waals surface area contributed by atoms with Gasteiger partial charge in [0, 0.05) is 18.1 Å². The summed E-state index contributed by atoms with van der Waals surface area (Å²) < 4.78 is 10.4. The fourth-order valence-electron chi connectivity index (χ4n) is 1.87. The normalized spacial score (nSPS) is 13.6. The van der Waals surface area contributed by atoms with Gasteiger partial charge < -0.3 is 14.4 Å². The van der Waals surface area contributed by atoms with Gasteiger partial charge in [-0.05, 0) is 23.8 Å². The van der Waals surface area contributed by atoms with Gasteiger partial charge in [0.2, 0.25) is 0 Å². The highest BCUT2D eigenvalue weighted by Crippen LogP contribution is 2.30. The maximum absolute atomic E-state index is 8.90. The molecule has 0 aliphatic carbocycles. The van der Waals surface area contributed by atoms with Gasteiger partial charge in [-0.3, -0.25) is 0 Å². The molecular weight excluding hydrogens is 206 g/mol. The molecule has 0 spiro atoms. The molecule has 2 aromatic rings. The second-order valence-corrected chi connectivity index (χ2v) is 3.76. The van der Waals surface area contributed by atoms with Crippen molar-refractivity contribution < 1.29 is 14.4 Å². The molecule has 4 heteroatoms. The molecular formula is C12H11NO3. The molecule has 1 aliphatic heterocycles. The lowest BCUT2D eigenvalue weighted by atomic mass is 10.1. The number of hydrogen-bond donors (Lipinski definition) is 1. The van der Waals surface area contributed by atoms with Crippen molar-refractivity contribution in [2.45, 2.75) is 13.0 Å². The molecule has 0 bridgehead atoms. The zero-order valence-corrected chi connectivity index (χ0v) is 8.64. The second-order valence-electron chi connectivity index (χ2n) is 3.76. The number of benzene rings is 1. The van der Waals surface area contributed by atoms with E-state index < -0.39 is 0 Å². The summed E-state index contributed by atoms with van der Waals surface area (Å²) in [6.07, 6.45) is 0.938. The molecule has 1 aliphatic rings. The van der Waals surface area contributed by atoms with E-state index in [9.17, 15) is 0 Å². The predicted molar refractivity (Wildman–Crippen MR) is 57.1 cm³/mol. The molecule has 0 fully saturated rings. The molecule has 3 rings (SSSR count). The highest BCUT2D eigenvalue weighted by Gasteiger charge is 2.14. The lowest BCUT2D eigenvalue weighted by Gasteiger charge is -2.00. The number of rotatable bonds is 2. The average Bonchev–Trinajstić information content (AvgIpc) is 2.96. The first-order valence-corrected chi connectivity index (χ1v) is 5.19. The zero-order valence-electron chi connectivity index (χ0n) is 8.64. The molecule has 0 amide bonds. The SMILES string of the molecule is OCc1cc(-c2ccc3c(c2)CCO3)no1. The van der Waals surface area contributed by atoms with E-state index in [0.717, 1.165) is 30.0 Å². The van der Waals surface area contributed by atoms with Crippen LogP contribution in [0.4, 0.5) is 0 Å². The number of aliphatic hydroxyl groups is 1. The number of aromatic nitrogens is 1. The van der Waals surface area contributed by atoms with Crippen molar-refractivity contribution in [3.05, 3.63) is 35.6 Å². The summed E-state index contributed by atoms with van der Waals surface area (Å²) in [4.78, 5) is 0. The largest absolute Gasteiger partial charge is 0.493 e. The van der Waals surface area contributed by atoms with Crippen LogP contribution >= 0.6 is 0 Å². The van der Waals surface area contributed by atoms with Crippen LogP contribution in [-0.4, -0.2) is 16.9 Å². The van der Waals surface area contributed by atoms with Crippen LogP contribution in [0.15, 0.2) is 28.8 Å². The molecule has 0 radical (unpaired) electrons. The minimum absolute atomic E-state index is 0.124. The van der Waals surface area contributed by atoms with Gasteiger partial charge in [-0.1, -0.05) is 5.16 Å². The van der Waals surface area contributed by atoms with E-state index in [1.807, 2.05) is 12.1 Å². The third-order valence-electron chi connectivity index (χ3n) is 2.70. The third-order valence-corrected chi connectivity index (χ3v) is 2.70.